The molecule has 118 valence electrons. The summed E-state index contributed by atoms with van der Waals surface area (Å²) in [5.41, 5.74) is 1.80. The average Bonchev–Trinajstić information content (AvgIpc) is 2.90. The second kappa shape index (κ2) is 7.28. The smallest absolute Gasteiger partial charge is 0.124 e. The lowest BCUT2D eigenvalue weighted by molar-refractivity contribution is 0.00101. The van der Waals surface area contributed by atoms with E-state index in [1.54, 1.807) is 0 Å². The molecule has 0 saturated heterocycles. The van der Waals surface area contributed by atoms with Crippen LogP contribution in [-0.4, -0.2) is 23.9 Å². The molecule has 2 N–H and O–H groups in total. The van der Waals surface area contributed by atoms with Crippen LogP contribution in [0.15, 0.2) is 18.2 Å². The van der Waals surface area contributed by atoms with Gasteiger partial charge in [-0.15, -0.1) is 0 Å². The summed E-state index contributed by atoms with van der Waals surface area (Å²) in [5.74, 6) is 0.900. The second-order valence-electron chi connectivity index (χ2n) is 6.44. The fourth-order valence-corrected chi connectivity index (χ4v) is 3.00. The van der Waals surface area contributed by atoms with Crippen LogP contribution in [0.4, 0.5) is 0 Å². The number of rotatable bonds is 7. The SMILES string of the molecule is CCCNC(C)c1cc(C)ccc1OCC1(O)CCCC1. The molecular weight excluding hydrogens is 262 g/mol. The molecule has 0 spiro atoms. The van der Waals surface area contributed by atoms with Crippen molar-refractivity contribution >= 4 is 0 Å². The van der Waals surface area contributed by atoms with E-state index in [0.29, 0.717) is 6.61 Å². The van der Waals surface area contributed by atoms with Gasteiger partial charge in [0.05, 0.1) is 5.60 Å². The molecule has 21 heavy (non-hydrogen) atoms. The van der Waals surface area contributed by atoms with Gasteiger partial charge in [0.25, 0.3) is 0 Å². The maximum absolute atomic E-state index is 10.4. The molecule has 1 aromatic rings. The molecule has 0 bridgehead atoms. The fraction of sp³-hybridized carbons (Fsp3) is 0.667. The van der Waals surface area contributed by atoms with Crippen molar-refractivity contribution in [2.45, 2.75) is 64.5 Å². The highest BCUT2D eigenvalue weighted by atomic mass is 16.5. The molecule has 0 aliphatic heterocycles. The van der Waals surface area contributed by atoms with Crippen LogP contribution in [-0.2, 0) is 0 Å². The van der Waals surface area contributed by atoms with Gasteiger partial charge >= 0.3 is 0 Å². The lowest BCUT2D eigenvalue weighted by Crippen LogP contribution is -2.32. The first-order valence-corrected chi connectivity index (χ1v) is 8.23. The number of ether oxygens (including phenoxy) is 1. The van der Waals surface area contributed by atoms with Crippen LogP contribution in [0.1, 0.15) is 63.1 Å². The van der Waals surface area contributed by atoms with Crippen molar-refractivity contribution in [3.63, 3.8) is 0 Å². The molecule has 0 radical (unpaired) electrons. The molecule has 3 heteroatoms. The van der Waals surface area contributed by atoms with Crippen LogP contribution in [0, 0.1) is 6.92 Å². The molecule has 0 aromatic heterocycles. The molecule has 0 heterocycles. The molecule has 1 saturated carbocycles. The Labute approximate surface area is 128 Å². The van der Waals surface area contributed by atoms with Gasteiger partial charge in [-0.2, -0.15) is 0 Å². The van der Waals surface area contributed by atoms with Crippen LogP contribution in [0.3, 0.4) is 0 Å². The molecule has 1 unspecified atom stereocenters. The zero-order valence-corrected chi connectivity index (χ0v) is 13.6. The van der Waals surface area contributed by atoms with Crippen molar-refractivity contribution in [3.8, 4) is 5.75 Å². The van der Waals surface area contributed by atoms with Crippen molar-refractivity contribution in [3.05, 3.63) is 29.3 Å². The molecule has 1 aromatic carbocycles. The summed E-state index contributed by atoms with van der Waals surface area (Å²) >= 11 is 0. The fourth-order valence-electron chi connectivity index (χ4n) is 3.00. The van der Waals surface area contributed by atoms with Gasteiger partial charge in [0.2, 0.25) is 0 Å². The minimum absolute atomic E-state index is 0.262. The van der Waals surface area contributed by atoms with E-state index in [0.717, 1.165) is 44.4 Å². The minimum Gasteiger partial charge on any atom is -0.490 e. The van der Waals surface area contributed by atoms with Crippen LogP contribution < -0.4 is 10.1 Å². The average molecular weight is 291 g/mol. The summed E-state index contributed by atoms with van der Waals surface area (Å²) in [5, 5.41) is 13.9. The third kappa shape index (κ3) is 4.45. The van der Waals surface area contributed by atoms with Crippen LogP contribution in [0.25, 0.3) is 0 Å². The molecule has 1 aliphatic carbocycles. The maximum Gasteiger partial charge on any atom is 0.124 e. The van der Waals surface area contributed by atoms with Crippen molar-refractivity contribution in [2.24, 2.45) is 0 Å². The van der Waals surface area contributed by atoms with E-state index >= 15 is 0 Å². The summed E-state index contributed by atoms with van der Waals surface area (Å²) in [6.45, 7) is 7.84. The number of aryl methyl sites for hydroxylation is 1. The number of nitrogens with one attached hydrogen (secondary N) is 1. The maximum atomic E-state index is 10.4. The van der Waals surface area contributed by atoms with E-state index in [1.807, 2.05) is 6.07 Å². The van der Waals surface area contributed by atoms with Gasteiger partial charge in [-0.1, -0.05) is 37.5 Å². The predicted molar refractivity (Wildman–Crippen MR) is 86.8 cm³/mol. The molecule has 2 rings (SSSR count). The number of hydrogen-bond acceptors (Lipinski definition) is 3. The highest BCUT2D eigenvalue weighted by molar-refractivity contribution is 5.39. The van der Waals surface area contributed by atoms with E-state index in [-0.39, 0.29) is 6.04 Å². The molecule has 1 aliphatic rings. The first-order chi connectivity index (χ1) is 10.0. The van der Waals surface area contributed by atoms with Crippen molar-refractivity contribution in [1.82, 2.24) is 5.32 Å². The monoisotopic (exact) mass is 291 g/mol. The normalized spacial score (nSPS) is 18.7. The highest BCUT2D eigenvalue weighted by Gasteiger charge is 2.32. The molecule has 1 atom stereocenters. The standard InChI is InChI=1S/C18H29NO2/c1-4-11-19-15(3)16-12-14(2)7-8-17(16)21-13-18(20)9-5-6-10-18/h7-8,12,15,19-20H,4-6,9-11,13H2,1-3H3. The Morgan fingerprint density at radius 2 is 2.05 bits per heavy atom. The molecular formula is C18H29NO2. The Hall–Kier alpha value is -1.06. The number of benzene rings is 1. The Kier molecular flexibility index (Phi) is 5.65. The second-order valence-corrected chi connectivity index (χ2v) is 6.44. The van der Waals surface area contributed by atoms with Gasteiger partial charge in [-0.25, -0.2) is 0 Å². The highest BCUT2D eigenvalue weighted by Crippen LogP contribution is 2.32. The van der Waals surface area contributed by atoms with E-state index < -0.39 is 5.60 Å². The Bertz CT molecular complexity index is 453. The third-order valence-electron chi connectivity index (χ3n) is 4.36. The van der Waals surface area contributed by atoms with Gasteiger partial charge in [-0.3, -0.25) is 0 Å². The third-order valence-corrected chi connectivity index (χ3v) is 4.36. The van der Waals surface area contributed by atoms with E-state index in [9.17, 15) is 5.11 Å². The van der Waals surface area contributed by atoms with Crippen LogP contribution in [0.2, 0.25) is 0 Å². The van der Waals surface area contributed by atoms with Gasteiger partial charge < -0.3 is 15.2 Å². The van der Waals surface area contributed by atoms with Gasteiger partial charge in [0, 0.05) is 11.6 Å². The van der Waals surface area contributed by atoms with E-state index in [1.165, 1.54) is 11.1 Å². The Morgan fingerprint density at radius 3 is 2.71 bits per heavy atom. The quantitative estimate of drug-likeness (QED) is 0.804. The van der Waals surface area contributed by atoms with Gasteiger partial charge in [0.1, 0.15) is 12.4 Å². The van der Waals surface area contributed by atoms with Gasteiger partial charge in [-0.05, 0) is 45.7 Å². The van der Waals surface area contributed by atoms with E-state index in [4.69, 9.17) is 4.74 Å². The van der Waals surface area contributed by atoms with E-state index in [2.05, 4.69) is 38.2 Å². The Morgan fingerprint density at radius 1 is 1.33 bits per heavy atom. The summed E-state index contributed by atoms with van der Waals surface area (Å²) in [6, 6.07) is 6.55. The lowest BCUT2D eigenvalue weighted by atomic mass is 10.0. The summed E-state index contributed by atoms with van der Waals surface area (Å²) in [6.07, 6.45) is 5.05. The molecule has 3 nitrogen and oxygen atoms in total. The van der Waals surface area contributed by atoms with Crippen molar-refractivity contribution < 1.29 is 9.84 Å². The van der Waals surface area contributed by atoms with Gasteiger partial charge in [0.15, 0.2) is 0 Å². The number of hydrogen-bond donors (Lipinski definition) is 2. The first-order valence-electron chi connectivity index (χ1n) is 8.23. The molecule has 1 fully saturated rings. The molecule has 0 amide bonds. The summed E-state index contributed by atoms with van der Waals surface area (Å²) in [7, 11) is 0. The van der Waals surface area contributed by atoms with Crippen molar-refractivity contribution in [2.75, 3.05) is 13.2 Å². The summed E-state index contributed by atoms with van der Waals surface area (Å²) in [4.78, 5) is 0. The lowest BCUT2D eigenvalue weighted by Gasteiger charge is -2.25. The van der Waals surface area contributed by atoms with Crippen LogP contribution >= 0.6 is 0 Å². The predicted octanol–water partition coefficient (Wildman–Crippen LogP) is 3.74. The van der Waals surface area contributed by atoms with Crippen LogP contribution in [0.5, 0.6) is 5.75 Å². The minimum atomic E-state index is -0.623. The Balaban J connectivity index is 2.07. The summed E-state index contributed by atoms with van der Waals surface area (Å²) < 4.78 is 5.99. The zero-order chi connectivity index (χ0) is 15.3. The number of aliphatic hydroxyl groups is 1. The topological polar surface area (TPSA) is 41.5 Å². The van der Waals surface area contributed by atoms with Crippen molar-refractivity contribution in [1.29, 1.82) is 0 Å². The zero-order valence-electron chi connectivity index (χ0n) is 13.6. The first kappa shape index (κ1) is 16.3. The largest absolute Gasteiger partial charge is 0.490 e.